The predicted octanol–water partition coefficient (Wildman–Crippen LogP) is 2.25. The van der Waals surface area contributed by atoms with E-state index < -0.39 is 0 Å². The number of hydrogen-bond donors (Lipinski definition) is 2. The molecule has 128 valence electrons. The first kappa shape index (κ1) is 16.7. The topological polar surface area (TPSA) is 69.6 Å². The third-order valence-corrected chi connectivity index (χ3v) is 4.75. The summed E-state index contributed by atoms with van der Waals surface area (Å²) in [6, 6.07) is 7.84. The molecule has 1 aromatic rings. The Balaban J connectivity index is 1.52. The Morgan fingerprint density at radius 3 is 2.50 bits per heavy atom. The maximum atomic E-state index is 12.0. The maximum Gasteiger partial charge on any atom is 0.244 e. The average molecular weight is 328 g/mol. The number of benzene rings is 1. The minimum atomic E-state index is -0.213. The van der Waals surface area contributed by atoms with Gasteiger partial charge in [0, 0.05) is 30.8 Å². The molecule has 0 aromatic heterocycles. The van der Waals surface area contributed by atoms with E-state index in [1.54, 1.807) is 17.1 Å². The van der Waals surface area contributed by atoms with Gasteiger partial charge in [-0.2, -0.15) is 0 Å². The van der Waals surface area contributed by atoms with Crippen LogP contribution in [0, 0.1) is 0 Å². The fraction of sp³-hybridized carbons (Fsp3) is 0.474. The van der Waals surface area contributed by atoms with Gasteiger partial charge in [0.1, 0.15) is 0 Å². The summed E-state index contributed by atoms with van der Waals surface area (Å²) in [5, 5.41) is 12.5. The second kappa shape index (κ2) is 7.62. The minimum Gasteiger partial charge on any atom is -0.393 e. The van der Waals surface area contributed by atoms with E-state index in [4.69, 9.17) is 0 Å². The van der Waals surface area contributed by atoms with Crippen molar-refractivity contribution in [1.29, 1.82) is 0 Å². The summed E-state index contributed by atoms with van der Waals surface area (Å²) < 4.78 is 0. The number of aliphatic hydroxyl groups is 1. The Hall–Kier alpha value is -2.14. The number of anilines is 1. The van der Waals surface area contributed by atoms with Crippen LogP contribution in [0.3, 0.4) is 0 Å². The summed E-state index contributed by atoms with van der Waals surface area (Å²) in [4.78, 5) is 25.5. The molecule has 1 saturated carbocycles. The van der Waals surface area contributed by atoms with Crippen LogP contribution in [0.4, 0.5) is 5.69 Å². The zero-order valence-electron chi connectivity index (χ0n) is 13.8. The average Bonchev–Trinajstić information content (AvgIpc) is 3.02. The van der Waals surface area contributed by atoms with E-state index in [1.165, 1.54) is 0 Å². The van der Waals surface area contributed by atoms with Gasteiger partial charge in [0.25, 0.3) is 0 Å². The molecule has 3 rings (SSSR count). The lowest BCUT2D eigenvalue weighted by molar-refractivity contribution is -0.118. The minimum absolute atomic E-state index is 0.102. The molecule has 0 unspecified atom stereocenters. The molecule has 0 atom stereocenters. The van der Waals surface area contributed by atoms with Crippen LogP contribution in [-0.4, -0.2) is 35.6 Å². The van der Waals surface area contributed by atoms with Gasteiger partial charge in [0.05, 0.1) is 6.10 Å². The van der Waals surface area contributed by atoms with Gasteiger partial charge in [0.15, 0.2) is 0 Å². The molecule has 2 amide bonds. The molecule has 0 bridgehead atoms. The third kappa shape index (κ3) is 4.23. The van der Waals surface area contributed by atoms with E-state index in [0.717, 1.165) is 49.9 Å². The van der Waals surface area contributed by atoms with Gasteiger partial charge >= 0.3 is 0 Å². The molecular weight excluding hydrogens is 304 g/mol. The highest BCUT2D eigenvalue weighted by atomic mass is 16.3. The van der Waals surface area contributed by atoms with Crippen molar-refractivity contribution in [3.05, 3.63) is 35.9 Å². The summed E-state index contributed by atoms with van der Waals surface area (Å²) in [6.45, 7) is 0.784. The second-order valence-electron chi connectivity index (χ2n) is 6.59. The van der Waals surface area contributed by atoms with Gasteiger partial charge in [-0.05, 0) is 55.9 Å². The van der Waals surface area contributed by atoms with Crippen LogP contribution in [0.25, 0.3) is 6.08 Å². The molecular formula is C19H24N2O3. The molecule has 5 heteroatoms. The summed E-state index contributed by atoms with van der Waals surface area (Å²) in [5.74, 6) is 0.0745. The number of amides is 2. The zero-order valence-corrected chi connectivity index (χ0v) is 13.8. The SMILES string of the molecule is O=C(C=Cc1ccc(N2CCCC2=O)cc1)NC1CCC(O)CC1. The number of carbonyl (C=O) groups is 2. The molecule has 1 heterocycles. The lowest BCUT2D eigenvalue weighted by Gasteiger charge is -2.25. The lowest BCUT2D eigenvalue weighted by atomic mass is 9.93. The maximum absolute atomic E-state index is 12.0. The monoisotopic (exact) mass is 328 g/mol. The number of carbonyl (C=O) groups excluding carboxylic acids is 2. The highest BCUT2D eigenvalue weighted by Crippen LogP contribution is 2.22. The van der Waals surface area contributed by atoms with Crippen molar-refractivity contribution in [1.82, 2.24) is 5.32 Å². The van der Waals surface area contributed by atoms with Crippen LogP contribution in [0.15, 0.2) is 30.3 Å². The van der Waals surface area contributed by atoms with Crippen molar-refractivity contribution < 1.29 is 14.7 Å². The number of aliphatic hydroxyl groups excluding tert-OH is 1. The molecule has 24 heavy (non-hydrogen) atoms. The third-order valence-electron chi connectivity index (χ3n) is 4.75. The summed E-state index contributed by atoms with van der Waals surface area (Å²) in [5.41, 5.74) is 1.85. The first-order chi connectivity index (χ1) is 11.6. The van der Waals surface area contributed by atoms with E-state index in [0.29, 0.717) is 6.42 Å². The lowest BCUT2D eigenvalue weighted by Crippen LogP contribution is -2.37. The molecule has 2 aliphatic rings. The van der Waals surface area contributed by atoms with Crippen LogP contribution in [0.5, 0.6) is 0 Å². The van der Waals surface area contributed by atoms with Crippen LogP contribution in [0.1, 0.15) is 44.1 Å². The van der Waals surface area contributed by atoms with Crippen LogP contribution in [0.2, 0.25) is 0 Å². The molecule has 5 nitrogen and oxygen atoms in total. The molecule has 1 aliphatic carbocycles. The van der Waals surface area contributed by atoms with E-state index in [9.17, 15) is 14.7 Å². The van der Waals surface area contributed by atoms with E-state index in [1.807, 2.05) is 24.3 Å². The zero-order chi connectivity index (χ0) is 16.9. The predicted molar refractivity (Wildman–Crippen MR) is 93.5 cm³/mol. The van der Waals surface area contributed by atoms with Crippen molar-refractivity contribution in [2.45, 2.75) is 50.7 Å². The second-order valence-corrected chi connectivity index (χ2v) is 6.59. The Bertz CT molecular complexity index is 616. The Morgan fingerprint density at radius 2 is 1.88 bits per heavy atom. The molecule has 2 fully saturated rings. The number of hydrogen-bond acceptors (Lipinski definition) is 3. The first-order valence-electron chi connectivity index (χ1n) is 8.69. The Morgan fingerprint density at radius 1 is 1.17 bits per heavy atom. The van der Waals surface area contributed by atoms with E-state index in [-0.39, 0.29) is 24.0 Å². The summed E-state index contributed by atoms with van der Waals surface area (Å²) in [6.07, 6.45) is 7.83. The van der Waals surface area contributed by atoms with Gasteiger partial charge in [0.2, 0.25) is 11.8 Å². The van der Waals surface area contributed by atoms with Gasteiger partial charge in [-0.3, -0.25) is 9.59 Å². The quantitative estimate of drug-likeness (QED) is 0.833. The van der Waals surface area contributed by atoms with Crippen LogP contribution >= 0.6 is 0 Å². The molecule has 1 aromatic carbocycles. The van der Waals surface area contributed by atoms with Crippen molar-refractivity contribution in [3.8, 4) is 0 Å². The van der Waals surface area contributed by atoms with Gasteiger partial charge < -0.3 is 15.3 Å². The fourth-order valence-electron chi connectivity index (χ4n) is 3.33. The first-order valence-corrected chi connectivity index (χ1v) is 8.69. The van der Waals surface area contributed by atoms with Crippen molar-refractivity contribution in [2.24, 2.45) is 0 Å². The normalized spacial score (nSPS) is 24.5. The van der Waals surface area contributed by atoms with Gasteiger partial charge in [-0.15, -0.1) is 0 Å². The van der Waals surface area contributed by atoms with Crippen molar-refractivity contribution in [2.75, 3.05) is 11.4 Å². The van der Waals surface area contributed by atoms with E-state index >= 15 is 0 Å². The van der Waals surface area contributed by atoms with Crippen LogP contribution < -0.4 is 10.2 Å². The van der Waals surface area contributed by atoms with Crippen molar-refractivity contribution >= 4 is 23.6 Å². The number of nitrogens with zero attached hydrogens (tertiary/aromatic N) is 1. The summed E-state index contributed by atoms with van der Waals surface area (Å²) in [7, 11) is 0. The van der Waals surface area contributed by atoms with E-state index in [2.05, 4.69) is 5.32 Å². The Kier molecular flexibility index (Phi) is 5.30. The molecule has 2 N–H and O–H groups in total. The van der Waals surface area contributed by atoms with Crippen LogP contribution in [-0.2, 0) is 9.59 Å². The number of nitrogens with one attached hydrogen (secondary N) is 1. The van der Waals surface area contributed by atoms with Crippen molar-refractivity contribution in [3.63, 3.8) is 0 Å². The van der Waals surface area contributed by atoms with Gasteiger partial charge in [-0.1, -0.05) is 12.1 Å². The fourth-order valence-corrected chi connectivity index (χ4v) is 3.33. The summed E-state index contributed by atoms with van der Waals surface area (Å²) >= 11 is 0. The molecule has 0 spiro atoms. The molecule has 0 radical (unpaired) electrons. The standard InChI is InChI=1S/C19H24N2O3/c22-17-10-6-15(7-11-17)20-18(23)12-5-14-3-8-16(9-4-14)21-13-1-2-19(21)24/h3-5,8-9,12,15,17,22H,1-2,6-7,10-11,13H2,(H,20,23). The largest absolute Gasteiger partial charge is 0.393 e. The Labute approximate surface area is 142 Å². The smallest absolute Gasteiger partial charge is 0.244 e. The van der Waals surface area contributed by atoms with Gasteiger partial charge in [-0.25, -0.2) is 0 Å². The highest BCUT2D eigenvalue weighted by molar-refractivity contribution is 5.95. The molecule has 1 aliphatic heterocycles. The number of rotatable bonds is 4. The molecule has 1 saturated heterocycles. The highest BCUT2D eigenvalue weighted by Gasteiger charge is 2.21.